The molecule has 0 rings (SSSR count). The van der Waals surface area contributed by atoms with E-state index in [-0.39, 0.29) is 6.54 Å². The topological polar surface area (TPSA) is 75.6 Å². The Morgan fingerprint density at radius 3 is 2.43 bits per heavy atom. The van der Waals surface area contributed by atoms with Crippen LogP contribution >= 0.6 is 0 Å². The molecule has 0 fully saturated rings. The Bertz CT molecular complexity index is 240. The van der Waals surface area contributed by atoms with Crippen molar-refractivity contribution in [3.05, 3.63) is 12.2 Å². The van der Waals surface area contributed by atoms with Gasteiger partial charge in [0.05, 0.1) is 0 Å². The first-order chi connectivity index (χ1) is 6.31. The number of alkyl carbamates (subject to hydrolysis) is 1. The fraction of sp³-hybridized carbons (Fsp3) is 0.556. The highest BCUT2D eigenvalue weighted by atomic mass is 16.6. The lowest BCUT2D eigenvalue weighted by Crippen LogP contribution is -2.32. The fourth-order valence-electron chi connectivity index (χ4n) is 0.616. The van der Waals surface area contributed by atoms with Crippen molar-refractivity contribution >= 4 is 12.1 Å². The van der Waals surface area contributed by atoms with Crippen LogP contribution in [0.5, 0.6) is 0 Å². The maximum Gasteiger partial charge on any atom is 0.407 e. The molecule has 2 N–H and O–H groups in total. The number of amides is 1. The zero-order valence-corrected chi connectivity index (χ0v) is 8.53. The molecule has 0 aliphatic rings. The number of carbonyl (C=O) groups is 2. The summed E-state index contributed by atoms with van der Waals surface area (Å²) in [5.74, 6) is -1.05. The van der Waals surface area contributed by atoms with Gasteiger partial charge in [-0.1, -0.05) is 6.08 Å². The second-order valence-corrected chi connectivity index (χ2v) is 3.62. The standard InChI is InChI=1S/C9H15NO4/c1-9(2,3)14-8(13)10-6-4-5-7(11)12/h4-5H,6H2,1-3H3,(H,10,13)(H,11,12). The van der Waals surface area contributed by atoms with Gasteiger partial charge in [0.15, 0.2) is 0 Å². The van der Waals surface area contributed by atoms with Gasteiger partial charge in [0.1, 0.15) is 5.60 Å². The molecule has 0 unspecified atom stereocenters. The summed E-state index contributed by atoms with van der Waals surface area (Å²) in [5, 5.41) is 10.6. The summed E-state index contributed by atoms with van der Waals surface area (Å²) in [6.45, 7) is 5.39. The molecule has 14 heavy (non-hydrogen) atoms. The Hall–Kier alpha value is -1.52. The van der Waals surface area contributed by atoms with Crippen molar-refractivity contribution in [2.75, 3.05) is 6.54 Å². The first-order valence-electron chi connectivity index (χ1n) is 4.17. The van der Waals surface area contributed by atoms with E-state index in [1.807, 2.05) is 0 Å². The highest BCUT2D eigenvalue weighted by Crippen LogP contribution is 2.05. The van der Waals surface area contributed by atoms with Crippen molar-refractivity contribution in [1.29, 1.82) is 0 Å². The second kappa shape index (κ2) is 5.26. The minimum atomic E-state index is -1.05. The van der Waals surface area contributed by atoms with E-state index in [9.17, 15) is 9.59 Å². The summed E-state index contributed by atoms with van der Waals surface area (Å²) < 4.78 is 4.91. The smallest absolute Gasteiger partial charge is 0.407 e. The molecule has 0 saturated heterocycles. The Morgan fingerprint density at radius 2 is 2.00 bits per heavy atom. The van der Waals surface area contributed by atoms with Gasteiger partial charge >= 0.3 is 12.1 Å². The van der Waals surface area contributed by atoms with Crippen LogP contribution in [-0.2, 0) is 9.53 Å². The van der Waals surface area contributed by atoms with Gasteiger partial charge in [-0.2, -0.15) is 0 Å². The van der Waals surface area contributed by atoms with Crippen molar-refractivity contribution < 1.29 is 19.4 Å². The van der Waals surface area contributed by atoms with Gasteiger partial charge in [0.2, 0.25) is 0 Å². The summed E-state index contributed by atoms with van der Waals surface area (Å²) in [6, 6.07) is 0. The molecular formula is C9H15NO4. The molecule has 1 amide bonds. The van der Waals surface area contributed by atoms with Crippen LogP contribution in [0.1, 0.15) is 20.8 Å². The third-order valence-corrected chi connectivity index (χ3v) is 1.02. The lowest BCUT2D eigenvalue weighted by atomic mass is 10.2. The summed E-state index contributed by atoms with van der Waals surface area (Å²) in [7, 11) is 0. The summed E-state index contributed by atoms with van der Waals surface area (Å²) in [6.07, 6.45) is 1.72. The summed E-state index contributed by atoms with van der Waals surface area (Å²) in [4.78, 5) is 21.0. The van der Waals surface area contributed by atoms with E-state index in [1.54, 1.807) is 20.8 Å². The largest absolute Gasteiger partial charge is 0.478 e. The van der Waals surface area contributed by atoms with Crippen molar-refractivity contribution in [3.63, 3.8) is 0 Å². The molecule has 0 aliphatic heterocycles. The molecule has 0 atom stereocenters. The zero-order chi connectivity index (χ0) is 11.2. The first kappa shape index (κ1) is 12.5. The molecule has 0 heterocycles. The molecular weight excluding hydrogens is 186 g/mol. The lowest BCUT2D eigenvalue weighted by Gasteiger charge is -2.19. The number of aliphatic carboxylic acids is 1. The van der Waals surface area contributed by atoms with Crippen LogP contribution in [-0.4, -0.2) is 29.3 Å². The predicted molar refractivity (Wildman–Crippen MR) is 51.0 cm³/mol. The molecule has 80 valence electrons. The van der Waals surface area contributed by atoms with Gasteiger partial charge in [-0.3, -0.25) is 0 Å². The number of hydrogen-bond donors (Lipinski definition) is 2. The van der Waals surface area contributed by atoms with E-state index in [0.717, 1.165) is 6.08 Å². The highest BCUT2D eigenvalue weighted by Gasteiger charge is 2.14. The highest BCUT2D eigenvalue weighted by molar-refractivity contribution is 5.79. The quantitative estimate of drug-likeness (QED) is 0.671. The summed E-state index contributed by atoms with van der Waals surface area (Å²) in [5.41, 5.74) is -0.541. The van der Waals surface area contributed by atoms with Crippen LogP contribution in [0.4, 0.5) is 4.79 Å². The maximum absolute atomic E-state index is 11.0. The zero-order valence-electron chi connectivity index (χ0n) is 8.53. The average Bonchev–Trinajstić information content (AvgIpc) is 1.94. The van der Waals surface area contributed by atoms with Gasteiger partial charge < -0.3 is 15.2 Å². The third kappa shape index (κ3) is 8.58. The monoisotopic (exact) mass is 201 g/mol. The van der Waals surface area contributed by atoms with E-state index in [0.29, 0.717) is 0 Å². The van der Waals surface area contributed by atoms with Crippen LogP contribution < -0.4 is 5.32 Å². The first-order valence-corrected chi connectivity index (χ1v) is 4.17. The Balaban J connectivity index is 3.71. The van der Waals surface area contributed by atoms with Crippen molar-refractivity contribution in [2.45, 2.75) is 26.4 Å². The normalized spacial score (nSPS) is 11.4. The number of carboxylic acids is 1. The number of nitrogens with one attached hydrogen (secondary N) is 1. The Labute approximate surface area is 82.7 Å². The summed E-state index contributed by atoms with van der Waals surface area (Å²) >= 11 is 0. The van der Waals surface area contributed by atoms with Crippen LogP contribution in [0, 0.1) is 0 Å². The van der Waals surface area contributed by atoms with Crippen molar-refractivity contribution in [1.82, 2.24) is 5.32 Å². The van der Waals surface area contributed by atoms with Crippen LogP contribution in [0.15, 0.2) is 12.2 Å². The minimum Gasteiger partial charge on any atom is -0.478 e. The van der Waals surface area contributed by atoms with E-state index < -0.39 is 17.7 Å². The Morgan fingerprint density at radius 1 is 1.43 bits per heavy atom. The van der Waals surface area contributed by atoms with Gasteiger partial charge in [0.25, 0.3) is 0 Å². The van der Waals surface area contributed by atoms with Gasteiger partial charge in [-0.25, -0.2) is 9.59 Å². The minimum absolute atomic E-state index is 0.140. The SMILES string of the molecule is CC(C)(C)OC(=O)NCC=CC(=O)O. The molecule has 0 aromatic carbocycles. The molecule has 0 saturated carbocycles. The number of ether oxygens (including phenoxy) is 1. The number of rotatable bonds is 3. The molecule has 0 aromatic heterocycles. The molecule has 5 nitrogen and oxygen atoms in total. The molecule has 5 heteroatoms. The lowest BCUT2D eigenvalue weighted by molar-refractivity contribution is -0.131. The maximum atomic E-state index is 11.0. The van der Waals surface area contributed by atoms with Crippen LogP contribution in [0.25, 0.3) is 0 Å². The van der Waals surface area contributed by atoms with E-state index in [4.69, 9.17) is 9.84 Å². The second-order valence-electron chi connectivity index (χ2n) is 3.62. The van der Waals surface area contributed by atoms with E-state index in [2.05, 4.69) is 5.32 Å². The fourth-order valence-corrected chi connectivity index (χ4v) is 0.616. The number of carbonyl (C=O) groups excluding carboxylic acids is 1. The van der Waals surface area contributed by atoms with Crippen LogP contribution in [0.3, 0.4) is 0 Å². The molecule has 0 aromatic rings. The molecule has 0 bridgehead atoms. The van der Waals surface area contributed by atoms with Gasteiger partial charge in [-0.05, 0) is 20.8 Å². The molecule has 0 spiro atoms. The average molecular weight is 201 g/mol. The van der Waals surface area contributed by atoms with Crippen molar-refractivity contribution in [3.8, 4) is 0 Å². The van der Waals surface area contributed by atoms with Gasteiger partial charge in [-0.15, -0.1) is 0 Å². The van der Waals surface area contributed by atoms with E-state index >= 15 is 0 Å². The molecule has 0 radical (unpaired) electrons. The van der Waals surface area contributed by atoms with Crippen molar-refractivity contribution in [2.24, 2.45) is 0 Å². The van der Waals surface area contributed by atoms with Gasteiger partial charge in [0, 0.05) is 12.6 Å². The number of hydrogen-bond acceptors (Lipinski definition) is 3. The van der Waals surface area contributed by atoms with E-state index in [1.165, 1.54) is 6.08 Å². The Kier molecular flexibility index (Phi) is 4.69. The van der Waals surface area contributed by atoms with Crippen LogP contribution in [0.2, 0.25) is 0 Å². The third-order valence-electron chi connectivity index (χ3n) is 1.02. The molecule has 0 aliphatic carbocycles. The number of carboxylic acid groups (broad SMARTS) is 1. The predicted octanol–water partition coefficient (Wildman–Crippen LogP) is 1.15.